The Morgan fingerprint density at radius 3 is 2.13 bits per heavy atom. The molecule has 0 aliphatic rings. The Hall–Kier alpha value is 1.05. The maximum absolute atomic E-state index is 2.36. The van der Waals surface area contributed by atoms with Crippen molar-refractivity contribution in [3.63, 3.8) is 0 Å². The third kappa shape index (κ3) is 7.87. The van der Waals surface area contributed by atoms with Gasteiger partial charge in [-0.15, -0.1) is 0 Å². The summed E-state index contributed by atoms with van der Waals surface area (Å²) < 4.78 is 0. The van der Waals surface area contributed by atoms with Crippen LogP contribution < -0.4 is 0 Å². The molecule has 15 heavy (non-hydrogen) atoms. The molecular formula is C12H26S3. The van der Waals surface area contributed by atoms with Gasteiger partial charge >= 0.3 is 0 Å². The van der Waals surface area contributed by atoms with Crippen LogP contribution in [0.4, 0.5) is 0 Å². The topological polar surface area (TPSA) is 0 Å². The summed E-state index contributed by atoms with van der Waals surface area (Å²) in [5.41, 5.74) is 0. The van der Waals surface area contributed by atoms with E-state index in [1.165, 1.54) is 25.0 Å². The summed E-state index contributed by atoms with van der Waals surface area (Å²) in [6.07, 6.45) is 8.64. The van der Waals surface area contributed by atoms with E-state index >= 15 is 0 Å². The van der Waals surface area contributed by atoms with Gasteiger partial charge in [0.25, 0.3) is 0 Å². The molecule has 3 unspecified atom stereocenters. The molecule has 0 bridgehead atoms. The number of thioether (sulfide) groups is 3. The quantitative estimate of drug-likeness (QED) is 0.589. The molecule has 0 saturated heterocycles. The molecular weight excluding hydrogens is 240 g/mol. The van der Waals surface area contributed by atoms with E-state index in [1.54, 1.807) is 0 Å². The van der Waals surface area contributed by atoms with E-state index in [2.05, 4.69) is 45.0 Å². The van der Waals surface area contributed by atoms with Crippen molar-refractivity contribution in [3.8, 4) is 0 Å². The summed E-state index contributed by atoms with van der Waals surface area (Å²) in [4.78, 5) is 0. The van der Waals surface area contributed by atoms with Gasteiger partial charge in [-0.1, -0.05) is 27.2 Å². The molecule has 0 fully saturated rings. The van der Waals surface area contributed by atoms with Crippen molar-refractivity contribution >= 4 is 35.3 Å². The summed E-state index contributed by atoms with van der Waals surface area (Å²) in [5, 5.41) is 2.50. The molecule has 0 aromatic rings. The summed E-state index contributed by atoms with van der Waals surface area (Å²) >= 11 is 6.13. The second-order valence-corrected chi connectivity index (χ2v) is 7.92. The lowest BCUT2D eigenvalue weighted by molar-refractivity contribution is 0.649. The van der Waals surface area contributed by atoms with Crippen molar-refractivity contribution in [1.29, 1.82) is 0 Å². The summed E-state index contributed by atoms with van der Waals surface area (Å²) in [6, 6.07) is 0. The van der Waals surface area contributed by atoms with E-state index < -0.39 is 0 Å². The lowest BCUT2D eigenvalue weighted by atomic mass is 10.1. The molecule has 0 heterocycles. The fourth-order valence-corrected chi connectivity index (χ4v) is 4.46. The molecule has 0 saturated carbocycles. The Balaban J connectivity index is 3.62. The normalized spacial score (nSPS) is 17.4. The second kappa shape index (κ2) is 10.2. The van der Waals surface area contributed by atoms with Crippen molar-refractivity contribution < 1.29 is 0 Å². The molecule has 0 aromatic carbocycles. The van der Waals surface area contributed by atoms with Crippen LogP contribution in [0.3, 0.4) is 0 Å². The van der Waals surface area contributed by atoms with E-state index in [4.69, 9.17) is 0 Å². The van der Waals surface area contributed by atoms with Gasteiger partial charge in [0.2, 0.25) is 0 Å². The minimum Gasteiger partial charge on any atom is -0.161 e. The first-order valence-electron chi connectivity index (χ1n) is 5.82. The highest BCUT2D eigenvalue weighted by Gasteiger charge is 2.14. The molecule has 0 nitrogen and oxygen atoms in total. The average Bonchev–Trinajstić information content (AvgIpc) is 2.24. The number of hydrogen-bond donors (Lipinski definition) is 0. The lowest BCUT2D eigenvalue weighted by Gasteiger charge is -2.21. The van der Waals surface area contributed by atoms with E-state index in [-0.39, 0.29) is 0 Å². The van der Waals surface area contributed by atoms with Crippen LogP contribution in [0.15, 0.2) is 0 Å². The fraction of sp³-hybridized carbons (Fsp3) is 1.00. The molecule has 3 atom stereocenters. The van der Waals surface area contributed by atoms with Gasteiger partial charge in [-0.3, -0.25) is 0 Å². The van der Waals surface area contributed by atoms with E-state index in [9.17, 15) is 0 Å². The predicted octanol–water partition coefficient (Wildman–Crippen LogP) is 4.78. The van der Waals surface area contributed by atoms with Crippen LogP contribution in [0.2, 0.25) is 0 Å². The van der Waals surface area contributed by atoms with Crippen molar-refractivity contribution in [2.45, 2.75) is 55.8 Å². The van der Waals surface area contributed by atoms with Gasteiger partial charge in [-0.05, 0) is 31.1 Å². The smallest absolute Gasteiger partial charge is 0.0160 e. The van der Waals surface area contributed by atoms with Crippen molar-refractivity contribution in [3.05, 3.63) is 0 Å². The SMILES string of the molecule is CCSC(C)CCCC(SC)C(C)SC. The molecule has 0 aromatic heterocycles. The van der Waals surface area contributed by atoms with Crippen molar-refractivity contribution in [1.82, 2.24) is 0 Å². The van der Waals surface area contributed by atoms with Gasteiger partial charge in [-0.2, -0.15) is 35.3 Å². The van der Waals surface area contributed by atoms with Gasteiger partial charge in [0, 0.05) is 15.7 Å². The van der Waals surface area contributed by atoms with Gasteiger partial charge in [0.15, 0.2) is 0 Å². The largest absolute Gasteiger partial charge is 0.161 e. The molecule has 0 amide bonds. The minimum atomic E-state index is 0.800. The first-order valence-corrected chi connectivity index (χ1v) is 9.45. The van der Waals surface area contributed by atoms with Crippen molar-refractivity contribution in [2.75, 3.05) is 18.3 Å². The zero-order valence-electron chi connectivity index (χ0n) is 10.8. The van der Waals surface area contributed by atoms with Crippen LogP contribution in [-0.2, 0) is 0 Å². The number of rotatable bonds is 9. The summed E-state index contributed by atoms with van der Waals surface area (Å²) in [6.45, 7) is 6.97. The zero-order valence-corrected chi connectivity index (χ0v) is 13.2. The highest BCUT2D eigenvalue weighted by molar-refractivity contribution is 8.03. The number of hydrogen-bond acceptors (Lipinski definition) is 3. The molecule has 0 radical (unpaired) electrons. The van der Waals surface area contributed by atoms with Crippen LogP contribution in [0.5, 0.6) is 0 Å². The predicted molar refractivity (Wildman–Crippen MR) is 81.7 cm³/mol. The first kappa shape index (κ1) is 16.1. The Kier molecular flexibility index (Phi) is 10.9. The third-order valence-corrected chi connectivity index (χ3v) is 6.38. The maximum Gasteiger partial charge on any atom is 0.0160 e. The highest BCUT2D eigenvalue weighted by atomic mass is 32.2. The molecule has 0 aliphatic carbocycles. The maximum atomic E-state index is 2.36. The first-order chi connectivity index (χ1) is 7.15. The lowest BCUT2D eigenvalue weighted by Crippen LogP contribution is -2.16. The molecule has 0 spiro atoms. The second-order valence-electron chi connectivity index (χ2n) is 3.91. The Labute approximate surface area is 109 Å². The molecule has 0 aliphatic heterocycles. The van der Waals surface area contributed by atoms with Crippen LogP contribution in [-0.4, -0.2) is 34.0 Å². The monoisotopic (exact) mass is 266 g/mol. The fourth-order valence-electron chi connectivity index (χ4n) is 1.67. The molecule has 0 N–H and O–H groups in total. The van der Waals surface area contributed by atoms with Crippen molar-refractivity contribution in [2.24, 2.45) is 0 Å². The standard InChI is InChI=1S/C12H26S3/c1-6-15-10(2)8-7-9-12(14-5)11(3)13-4/h10-12H,6-9H2,1-5H3. The third-order valence-electron chi connectivity index (χ3n) is 2.75. The molecule has 92 valence electrons. The van der Waals surface area contributed by atoms with E-state index in [0.717, 1.165) is 15.7 Å². The molecule has 0 rings (SSSR count). The zero-order chi connectivity index (χ0) is 11.7. The highest BCUT2D eigenvalue weighted by Crippen LogP contribution is 2.26. The van der Waals surface area contributed by atoms with Gasteiger partial charge in [0.05, 0.1) is 0 Å². The van der Waals surface area contributed by atoms with Gasteiger partial charge in [-0.25, -0.2) is 0 Å². The summed E-state index contributed by atoms with van der Waals surface area (Å²) in [7, 11) is 0. The van der Waals surface area contributed by atoms with E-state index in [0.29, 0.717) is 0 Å². The van der Waals surface area contributed by atoms with E-state index in [1.807, 2.05) is 23.5 Å². The van der Waals surface area contributed by atoms with Gasteiger partial charge < -0.3 is 0 Å². The van der Waals surface area contributed by atoms with Crippen LogP contribution in [0.25, 0.3) is 0 Å². The molecule has 3 heteroatoms. The Bertz CT molecular complexity index is 139. The Morgan fingerprint density at radius 1 is 1.00 bits per heavy atom. The van der Waals surface area contributed by atoms with Gasteiger partial charge in [0.1, 0.15) is 0 Å². The minimum absolute atomic E-state index is 0.800. The van der Waals surface area contributed by atoms with Crippen LogP contribution in [0, 0.1) is 0 Å². The van der Waals surface area contributed by atoms with Crippen LogP contribution in [0.1, 0.15) is 40.0 Å². The Morgan fingerprint density at radius 2 is 1.67 bits per heavy atom. The van der Waals surface area contributed by atoms with Crippen LogP contribution >= 0.6 is 35.3 Å². The summed E-state index contributed by atoms with van der Waals surface area (Å²) in [5.74, 6) is 1.26. The average molecular weight is 267 g/mol.